The lowest BCUT2D eigenvalue weighted by Crippen LogP contribution is -2.45. The minimum absolute atomic E-state index is 0.0413. The van der Waals surface area contributed by atoms with Gasteiger partial charge in [0.25, 0.3) is 5.91 Å². The Hall–Kier alpha value is -1.96. The fourth-order valence-electron chi connectivity index (χ4n) is 3.94. The molecule has 2 saturated carbocycles. The number of rotatable bonds is 4. The summed E-state index contributed by atoms with van der Waals surface area (Å²) in [5.41, 5.74) is -0.335. The molecular formula is C13H18N4O4. The molecule has 2 bridgehead atoms. The molecule has 2 fully saturated rings. The Morgan fingerprint density at radius 2 is 2.29 bits per heavy atom. The van der Waals surface area contributed by atoms with Crippen LogP contribution in [0.4, 0.5) is 5.69 Å². The molecule has 8 nitrogen and oxygen atoms in total. The van der Waals surface area contributed by atoms with Gasteiger partial charge in [-0.05, 0) is 31.1 Å². The molecule has 1 aromatic rings. The van der Waals surface area contributed by atoms with E-state index in [-0.39, 0.29) is 29.9 Å². The number of aryl methyl sites for hydroxylation is 1. The van der Waals surface area contributed by atoms with E-state index in [1.807, 2.05) is 0 Å². The van der Waals surface area contributed by atoms with Gasteiger partial charge in [0.05, 0.1) is 4.92 Å². The second-order valence-corrected chi connectivity index (χ2v) is 5.94. The zero-order valence-electron chi connectivity index (χ0n) is 11.7. The van der Waals surface area contributed by atoms with E-state index in [0.29, 0.717) is 11.8 Å². The monoisotopic (exact) mass is 294 g/mol. The summed E-state index contributed by atoms with van der Waals surface area (Å²) in [6, 6.07) is -0.101. The number of aliphatic hydroxyl groups is 1. The molecule has 4 unspecified atom stereocenters. The standard InChI is InChI=1S/C13H18N4O4/c1-16-12(10(5-14-16)17(20)21)13(19)15-11-8-3-2-7(4-8)9(11)6-18/h5,7-9,11,18H,2-4,6H2,1H3,(H,15,19). The largest absolute Gasteiger partial charge is 0.396 e. The molecular weight excluding hydrogens is 276 g/mol. The van der Waals surface area contributed by atoms with Gasteiger partial charge in [-0.2, -0.15) is 5.10 Å². The third-order valence-corrected chi connectivity index (χ3v) is 4.93. The van der Waals surface area contributed by atoms with Crippen molar-refractivity contribution in [3.05, 3.63) is 22.0 Å². The van der Waals surface area contributed by atoms with E-state index in [0.717, 1.165) is 25.5 Å². The van der Waals surface area contributed by atoms with Crippen LogP contribution in [0, 0.1) is 27.9 Å². The lowest BCUT2D eigenvalue weighted by molar-refractivity contribution is -0.385. The predicted octanol–water partition coefficient (Wildman–Crippen LogP) is 0.465. The van der Waals surface area contributed by atoms with E-state index in [4.69, 9.17) is 0 Å². The number of carbonyl (C=O) groups excluding carboxylic acids is 1. The van der Waals surface area contributed by atoms with Gasteiger partial charge in [0.15, 0.2) is 0 Å². The molecule has 2 aliphatic carbocycles. The van der Waals surface area contributed by atoms with Gasteiger partial charge < -0.3 is 10.4 Å². The summed E-state index contributed by atoms with van der Waals surface area (Å²) in [5, 5.41) is 27.2. The molecule has 1 amide bonds. The normalized spacial score (nSPS) is 30.6. The molecule has 0 spiro atoms. The van der Waals surface area contributed by atoms with Crippen LogP contribution in [0.15, 0.2) is 6.20 Å². The fraction of sp³-hybridized carbons (Fsp3) is 0.692. The number of hydrogen-bond donors (Lipinski definition) is 2. The molecule has 3 rings (SSSR count). The highest BCUT2D eigenvalue weighted by molar-refractivity contribution is 5.96. The molecule has 0 radical (unpaired) electrons. The first-order chi connectivity index (χ1) is 10.0. The first-order valence-corrected chi connectivity index (χ1v) is 7.11. The Morgan fingerprint density at radius 1 is 1.57 bits per heavy atom. The number of fused-ring (bicyclic) bond motifs is 2. The number of nitrogens with one attached hydrogen (secondary N) is 1. The number of carbonyl (C=O) groups is 1. The summed E-state index contributed by atoms with van der Waals surface area (Å²) < 4.78 is 1.22. The molecule has 1 heterocycles. The Morgan fingerprint density at radius 3 is 2.95 bits per heavy atom. The van der Waals surface area contributed by atoms with Crippen LogP contribution in [0.1, 0.15) is 29.8 Å². The summed E-state index contributed by atoms with van der Waals surface area (Å²) in [5.74, 6) is 0.382. The Balaban J connectivity index is 1.81. The summed E-state index contributed by atoms with van der Waals surface area (Å²) in [6.07, 6.45) is 4.23. The average molecular weight is 294 g/mol. The molecule has 0 saturated heterocycles. The van der Waals surface area contributed by atoms with Crippen molar-refractivity contribution < 1.29 is 14.8 Å². The van der Waals surface area contributed by atoms with Crippen LogP contribution in [-0.2, 0) is 7.05 Å². The predicted molar refractivity (Wildman–Crippen MR) is 72.5 cm³/mol. The third-order valence-electron chi connectivity index (χ3n) is 4.93. The van der Waals surface area contributed by atoms with E-state index in [1.165, 1.54) is 11.7 Å². The van der Waals surface area contributed by atoms with E-state index in [1.54, 1.807) is 0 Å². The topological polar surface area (TPSA) is 110 Å². The summed E-state index contributed by atoms with van der Waals surface area (Å²) in [6.45, 7) is 0.0413. The molecule has 4 atom stereocenters. The number of hydrogen-bond acceptors (Lipinski definition) is 5. The van der Waals surface area contributed by atoms with Crippen molar-refractivity contribution in [2.24, 2.45) is 24.8 Å². The second-order valence-electron chi connectivity index (χ2n) is 5.94. The minimum atomic E-state index is -0.605. The van der Waals surface area contributed by atoms with Gasteiger partial charge in [0, 0.05) is 25.6 Å². The van der Waals surface area contributed by atoms with E-state index >= 15 is 0 Å². The van der Waals surface area contributed by atoms with Crippen LogP contribution in [0.3, 0.4) is 0 Å². The first-order valence-electron chi connectivity index (χ1n) is 7.11. The molecule has 1 aromatic heterocycles. The van der Waals surface area contributed by atoms with Crippen LogP contribution in [-0.4, -0.2) is 38.4 Å². The van der Waals surface area contributed by atoms with E-state index in [2.05, 4.69) is 10.4 Å². The summed E-state index contributed by atoms with van der Waals surface area (Å²) in [4.78, 5) is 22.7. The maximum absolute atomic E-state index is 12.4. The number of nitro groups is 1. The summed E-state index contributed by atoms with van der Waals surface area (Å²) in [7, 11) is 1.51. The van der Waals surface area contributed by atoms with Gasteiger partial charge in [0.2, 0.25) is 5.69 Å². The van der Waals surface area contributed by atoms with Crippen molar-refractivity contribution in [3.63, 3.8) is 0 Å². The zero-order chi connectivity index (χ0) is 15.1. The number of aromatic nitrogens is 2. The van der Waals surface area contributed by atoms with E-state index < -0.39 is 10.8 Å². The third kappa shape index (κ3) is 2.19. The van der Waals surface area contributed by atoms with Crippen molar-refractivity contribution in [2.75, 3.05) is 6.61 Å². The average Bonchev–Trinajstić information content (AvgIpc) is 3.12. The second kappa shape index (κ2) is 5.10. The molecule has 8 heteroatoms. The number of amides is 1. The lowest BCUT2D eigenvalue weighted by Gasteiger charge is -2.30. The van der Waals surface area contributed by atoms with Gasteiger partial charge in [-0.1, -0.05) is 0 Å². The van der Waals surface area contributed by atoms with Crippen LogP contribution in [0.25, 0.3) is 0 Å². The SMILES string of the molecule is Cn1ncc([N+](=O)[O-])c1C(=O)NC1C2CCC(C2)C1CO. The Bertz CT molecular complexity index is 585. The van der Waals surface area contributed by atoms with Crippen LogP contribution in [0.5, 0.6) is 0 Å². The lowest BCUT2D eigenvalue weighted by atomic mass is 9.85. The Labute approximate surface area is 121 Å². The maximum Gasteiger partial charge on any atom is 0.320 e. The van der Waals surface area contributed by atoms with Gasteiger partial charge >= 0.3 is 5.69 Å². The van der Waals surface area contributed by atoms with Crippen LogP contribution in [0.2, 0.25) is 0 Å². The number of nitrogens with zero attached hydrogens (tertiary/aromatic N) is 3. The maximum atomic E-state index is 12.4. The van der Waals surface area contributed by atoms with E-state index in [9.17, 15) is 20.0 Å². The quantitative estimate of drug-likeness (QED) is 0.619. The highest BCUT2D eigenvalue weighted by Gasteiger charge is 2.48. The molecule has 0 aliphatic heterocycles. The highest BCUT2D eigenvalue weighted by Crippen LogP contribution is 2.48. The van der Waals surface area contributed by atoms with Crippen molar-refractivity contribution in [1.29, 1.82) is 0 Å². The molecule has 21 heavy (non-hydrogen) atoms. The molecule has 2 aliphatic rings. The van der Waals surface area contributed by atoms with Crippen molar-refractivity contribution >= 4 is 11.6 Å². The van der Waals surface area contributed by atoms with Crippen molar-refractivity contribution in [2.45, 2.75) is 25.3 Å². The smallest absolute Gasteiger partial charge is 0.320 e. The van der Waals surface area contributed by atoms with Gasteiger partial charge in [-0.15, -0.1) is 0 Å². The minimum Gasteiger partial charge on any atom is -0.396 e. The van der Waals surface area contributed by atoms with Crippen LogP contribution < -0.4 is 5.32 Å². The zero-order valence-corrected chi connectivity index (χ0v) is 11.7. The molecule has 0 aromatic carbocycles. The van der Waals surface area contributed by atoms with Crippen molar-refractivity contribution in [1.82, 2.24) is 15.1 Å². The van der Waals surface area contributed by atoms with Crippen molar-refractivity contribution in [3.8, 4) is 0 Å². The van der Waals surface area contributed by atoms with Crippen LogP contribution >= 0.6 is 0 Å². The number of aliphatic hydroxyl groups excluding tert-OH is 1. The first kappa shape index (κ1) is 14.0. The molecule has 2 N–H and O–H groups in total. The molecule has 114 valence electrons. The fourth-order valence-corrected chi connectivity index (χ4v) is 3.94. The van der Waals surface area contributed by atoms with Gasteiger partial charge in [-0.25, -0.2) is 0 Å². The Kier molecular flexibility index (Phi) is 3.40. The van der Waals surface area contributed by atoms with Gasteiger partial charge in [0.1, 0.15) is 6.20 Å². The van der Waals surface area contributed by atoms with Gasteiger partial charge in [-0.3, -0.25) is 19.6 Å². The highest BCUT2D eigenvalue weighted by atomic mass is 16.6. The summed E-state index contributed by atoms with van der Waals surface area (Å²) >= 11 is 0.